The van der Waals surface area contributed by atoms with Crippen LogP contribution in [0, 0.1) is 5.92 Å². The Bertz CT molecular complexity index is 258. The normalized spacial score (nSPS) is 30.7. The number of rotatable bonds is 4. The second-order valence-corrected chi connectivity index (χ2v) is 5.45. The Kier molecular flexibility index (Phi) is 4.26. The maximum Gasteiger partial charge on any atom is 0.315 e. The Morgan fingerprint density at radius 2 is 1.82 bits per heavy atom. The van der Waals surface area contributed by atoms with Gasteiger partial charge in [-0.15, -0.1) is 0 Å². The van der Waals surface area contributed by atoms with Crippen LogP contribution < -0.4 is 10.6 Å². The van der Waals surface area contributed by atoms with Gasteiger partial charge in [0, 0.05) is 19.2 Å². The van der Waals surface area contributed by atoms with E-state index in [1.54, 1.807) is 7.11 Å². The van der Waals surface area contributed by atoms with Crippen LogP contribution in [0.5, 0.6) is 0 Å². The summed E-state index contributed by atoms with van der Waals surface area (Å²) in [5.41, 5.74) is 0. The van der Waals surface area contributed by atoms with E-state index in [0.717, 1.165) is 25.7 Å². The fraction of sp³-hybridized carbons (Fsp3) is 0.923. The quantitative estimate of drug-likeness (QED) is 0.790. The van der Waals surface area contributed by atoms with Crippen molar-refractivity contribution in [3.8, 4) is 0 Å². The van der Waals surface area contributed by atoms with Gasteiger partial charge in [-0.05, 0) is 51.4 Å². The van der Waals surface area contributed by atoms with Gasteiger partial charge >= 0.3 is 6.03 Å². The number of urea groups is 1. The first kappa shape index (κ1) is 12.7. The van der Waals surface area contributed by atoms with E-state index in [2.05, 4.69) is 17.6 Å². The molecule has 1 atom stereocenters. The zero-order valence-electron chi connectivity index (χ0n) is 10.9. The molecular formula is C13H24N2O2. The molecule has 0 spiro atoms. The van der Waals surface area contributed by atoms with Crippen molar-refractivity contribution < 1.29 is 9.53 Å². The molecule has 0 aromatic carbocycles. The molecule has 2 rings (SSSR count). The highest BCUT2D eigenvalue weighted by molar-refractivity contribution is 5.74. The monoisotopic (exact) mass is 240 g/mol. The van der Waals surface area contributed by atoms with Crippen molar-refractivity contribution >= 4 is 6.03 Å². The molecule has 17 heavy (non-hydrogen) atoms. The Labute approximate surface area is 103 Å². The summed E-state index contributed by atoms with van der Waals surface area (Å²) in [5, 5.41) is 6.10. The van der Waals surface area contributed by atoms with Crippen LogP contribution in [-0.4, -0.2) is 31.3 Å². The second-order valence-electron chi connectivity index (χ2n) is 5.45. The van der Waals surface area contributed by atoms with Gasteiger partial charge in [0.15, 0.2) is 0 Å². The summed E-state index contributed by atoms with van der Waals surface area (Å²) in [6, 6.07) is 0.656. The zero-order chi connectivity index (χ0) is 12.3. The third kappa shape index (κ3) is 3.87. The molecule has 2 N–H and O–H groups in total. The molecule has 0 radical (unpaired) electrons. The first-order chi connectivity index (χ1) is 8.19. The molecule has 0 aromatic heterocycles. The van der Waals surface area contributed by atoms with Gasteiger partial charge in [-0.3, -0.25) is 0 Å². The van der Waals surface area contributed by atoms with Crippen LogP contribution in [0.3, 0.4) is 0 Å². The molecule has 0 heterocycles. The molecule has 2 aliphatic carbocycles. The van der Waals surface area contributed by atoms with Crippen molar-refractivity contribution in [1.82, 2.24) is 10.6 Å². The highest BCUT2D eigenvalue weighted by Crippen LogP contribution is 2.32. The van der Waals surface area contributed by atoms with E-state index in [1.807, 2.05) is 0 Å². The van der Waals surface area contributed by atoms with Gasteiger partial charge in [0.1, 0.15) is 0 Å². The Hall–Kier alpha value is -0.770. The van der Waals surface area contributed by atoms with Crippen LogP contribution in [0.4, 0.5) is 4.79 Å². The lowest BCUT2D eigenvalue weighted by atomic mass is 9.93. The van der Waals surface area contributed by atoms with Crippen LogP contribution in [-0.2, 0) is 4.74 Å². The molecular weight excluding hydrogens is 216 g/mol. The summed E-state index contributed by atoms with van der Waals surface area (Å²) >= 11 is 0. The summed E-state index contributed by atoms with van der Waals surface area (Å²) in [5.74, 6) is 0.713. The average Bonchev–Trinajstić information content (AvgIpc) is 3.13. The van der Waals surface area contributed by atoms with Crippen LogP contribution in [0.2, 0.25) is 0 Å². The number of ether oxygens (including phenoxy) is 1. The maximum atomic E-state index is 11.8. The SMILES string of the molecule is COC1CCC(NC(=O)N[C@H](C)C2CC2)CC1. The minimum atomic E-state index is 0.00488. The zero-order valence-corrected chi connectivity index (χ0v) is 10.9. The van der Waals surface area contributed by atoms with E-state index < -0.39 is 0 Å². The van der Waals surface area contributed by atoms with E-state index in [1.165, 1.54) is 12.8 Å². The van der Waals surface area contributed by atoms with Gasteiger partial charge in [-0.25, -0.2) is 4.79 Å². The van der Waals surface area contributed by atoms with Crippen LogP contribution in [0.1, 0.15) is 45.4 Å². The number of hydrogen-bond donors (Lipinski definition) is 2. The summed E-state index contributed by atoms with van der Waals surface area (Å²) < 4.78 is 5.32. The van der Waals surface area contributed by atoms with Crippen molar-refractivity contribution in [2.24, 2.45) is 5.92 Å². The molecule has 2 aliphatic rings. The third-order valence-electron chi connectivity index (χ3n) is 4.03. The maximum absolute atomic E-state index is 11.8. The van der Waals surface area contributed by atoms with Crippen molar-refractivity contribution in [3.05, 3.63) is 0 Å². The van der Waals surface area contributed by atoms with Crippen LogP contribution >= 0.6 is 0 Å². The third-order valence-corrected chi connectivity index (χ3v) is 4.03. The van der Waals surface area contributed by atoms with Crippen molar-refractivity contribution in [1.29, 1.82) is 0 Å². The van der Waals surface area contributed by atoms with E-state index >= 15 is 0 Å². The predicted octanol–water partition coefficient (Wildman–Crippen LogP) is 2.04. The van der Waals surface area contributed by atoms with Gasteiger partial charge in [-0.2, -0.15) is 0 Å². The Balaban J connectivity index is 1.64. The lowest BCUT2D eigenvalue weighted by Crippen LogP contribution is -2.47. The minimum Gasteiger partial charge on any atom is -0.381 e. The summed E-state index contributed by atoms with van der Waals surface area (Å²) in [6.07, 6.45) is 7.09. The lowest BCUT2D eigenvalue weighted by molar-refractivity contribution is 0.0635. The number of carbonyl (C=O) groups is 1. The van der Waals surface area contributed by atoms with Crippen molar-refractivity contribution in [2.45, 2.75) is 63.6 Å². The van der Waals surface area contributed by atoms with Gasteiger partial charge in [0.25, 0.3) is 0 Å². The van der Waals surface area contributed by atoms with Gasteiger partial charge in [-0.1, -0.05) is 0 Å². The highest BCUT2D eigenvalue weighted by atomic mass is 16.5. The Morgan fingerprint density at radius 1 is 1.18 bits per heavy atom. The van der Waals surface area contributed by atoms with E-state index in [4.69, 9.17) is 4.74 Å². The predicted molar refractivity (Wildman–Crippen MR) is 66.9 cm³/mol. The standard InChI is InChI=1S/C13H24N2O2/c1-9(10-3-4-10)14-13(16)15-11-5-7-12(17-2)8-6-11/h9-12H,3-8H2,1-2H3,(H2,14,15,16)/t9-,11?,12?/m1/s1. The molecule has 4 heteroatoms. The van der Waals surface area contributed by atoms with Crippen LogP contribution in [0.15, 0.2) is 0 Å². The molecule has 2 fully saturated rings. The van der Waals surface area contributed by atoms with Crippen molar-refractivity contribution in [2.75, 3.05) is 7.11 Å². The first-order valence-electron chi connectivity index (χ1n) is 6.79. The number of carbonyl (C=O) groups excluding carboxylic acids is 1. The molecule has 0 bridgehead atoms. The second kappa shape index (κ2) is 5.71. The number of hydrogen-bond acceptors (Lipinski definition) is 2. The van der Waals surface area contributed by atoms with Crippen molar-refractivity contribution in [3.63, 3.8) is 0 Å². The molecule has 0 aliphatic heterocycles. The van der Waals surface area contributed by atoms with Gasteiger partial charge in [0.2, 0.25) is 0 Å². The summed E-state index contributed by atoms with van der Waals surface area (Å²) in [7, 11) is 1.77. The molecule has 2 saturated carbocycles. The fourth-order valence-corrected chi connectivity index (χ4v) is 2.59. The molecule has 2 amide bonds. The highest BCUT2D eigenvalue weighted by Gasteiger charge is 2.29. The summed E-state index contributed by atoms with van der Waals surface area (Å²) in [4.78, 5) is 11.8. The van der Waals surface area contributed by atoms with E-state index in [-0.39, 0.29) is 6.03 Å². The Morgan fingerprint density at radius 3 is 2.35 bits per heavy atom. The minimum absolute atomic E-state index is 0.00488. The number of methoxy groups -OCH3 is 1. The average molecular weight is 240 g/mol. The molecule has 4 nitrogen and oxygen atoms in total. The number of nitrogens with one attached hydrogen (secondary N) is 2. The topological polar surface area (TPSA) is 50.4 Å². The van der Waals surface area contributed by atoms with E-state index in [0.29, 0.717) is 24.1 Å². The molecule has 98 valence electrons. The summed E-state index contributed by atoms with van der Waals surface area (Å²) in [6.45, 7) is 2.10. The first-order valence-corrected chi connectivity index (χ1v) is 6.79. The molecule has 0 aromatic rings. The fourth-order valence-electron chi connectivity index (χ4n) is 2.59. The lowest BCUT2D eigenvalue weighted by Gasteiger charge is -2.28. The van der Waals surface area contributed by atoms with E-state index in [9.17, 15) is 4.79 Å². The van der Waals surface area contributed by atoms with Gasteiger partial charge in [0.05, 0.1) is 6.10 Å². The van der Waals surface area contributed by atoms with Gasteiger partial charge < -0.3 is 15.4 Å². The smallest absolute Gasteiger partial charge is 0.315 e. The largest absolute Gasteiger partial charge is 0.381 e. The number of amides is 2. The molecule has 0 saturated heterocycles. The van der Waals surface area contributed by atoms with Crippen LogP contribution in [0.25, 0.3) is 0 Å². The molecule has 0 unspecified atom stereocenters.